The van der Waals surface area contributed by atoms with E-state index in [4.69, 9.17) is 4.99 Å². The topological polar surface area (TPSA) is 49.7 Å². The van der Waals surface area contributed by atoms with E-state index in [-0.39, 0.29) is 17.8 Å². The van der Waals surface area contributed by atoms with Crippen LogP contribution in [-0.2, 0) is 11.2 Å². The Labute approximate surface area is 175 Å². The number of nitrogens with zero attached hydrogens (tertiary/aromatic N) is 1. The first kappa shape index (κ1) is 20.0. The zero-order chi connectivity index (χ0) is 20.9. The molecule has 0 radical (unpaired) electrons. The SMILES string of the molecule is O=C(O)C1C(c2ccc(F)cc2)=NC(CCc2ccccc2)CC1c1ccccc1. The van der Waals surface area contributed by atoms with E-state index in [0.29, 0.717) is 17.7 Å². The van der Waals surface area contributed by atoms with Gasteiger partial charge in [-0.05, 0) is 48.1 Å². The summed E-state index contributed by atoms with van der Waals surface area (Å²) in [5, 5.41) is 10.1. The van der Waals surface area contributed by atoms with Crippen molar-refractivity contribution in [3.8, 4) is 0 Å². The van der Waals surface area contributed by atoms with Crippen LogP contribution in [0.3, 0.4) is 0 Å². The molecule has 0 aromatic heterocycles. The summed E-state index contributed by atoms with van der Waals surface area (Å²) in [4.78, 5) is 17.2. The second kappa shape index (κ2) is 9.04. The molecule has 0 saturated carbocycles. The maximum atomic E-state index is 13.5. The number of halogens is 1. The van der Waals surface area contributed by atoms with Gasteiger partial charge in [0.25, 0.3) is 0 Å². The quantitative estimate of drug-likeness (QED) is 0.593. The van der Waals surface area contributed by atoms with Gasteiger partial charge in [0.2, 0.25) is 0 Å². The highest BCUT2D eigenvalue weighted by Crippen LogP contribution is 2.38. The summed E-state index contributed by atoms with van der Waals surface area (Å²) in [5.74, 6) is -2.18. The van der Waals surface area contributed by atoms with Crippen LogP contribution >= 0.6 is 0 Å². The molecule has 0 aliphatic carbocycles. The lowest BCUT2D eigenvalue weighted by atomic mass is 9.74. The Morgan fingerprint density at radius 3 is 2.20 bits per heavy atom. The summed E-state index contributed by atoms with van der Waals surface area (Å²) in [6.45, 7) is 0. The first-order chi connectivity index (χ1) is 14.6. The van der Waals surface area contributed by atoms with E-state index < -0.39 is 11.9 Å². The predicted molar refractivity (Wildman–Crippen MR) is 116 cm³/mol. The van der Waals surface area contributed by atoms with Crippen molar-refractivity contribution in [2.24, 2.45) is 10.9 Å². The predicted octanol–water partition coefficient (Wildman–Crippen LogP) is 5.50. The minimum atomic E-state index is -0.895. The minimum absolute atomic E-state index is 0.00562. The molecule has 3 aromatic rings. The van der Waals surface area contributed by atoms with Crippen LogP contribution in [0.5, 0.6) is 0 Å². The number of carboxylic acids is 1. The smallest absolute Gasteiger partial charge is 0.313 e. The van der Waals surface area contributed by atoms with Crippen LogP contribution in [0.4, 0.5) is 4.39 Å². The summed E-state index contributed by atoms with van der Waals surface area (Å²) in [7, 11) is 0. The van der Waals surface area contributed by atoms with E-state index in [9.17, 15) is 14.3 Å². The van der Waals surface area contributed by atoms with Crippen LogP contribution in [0.25, 0.3) is 0 Å². The van der Waals surface area contributed by atoms with Crippen molar-refractivity contribution in [2.75, 3.05) is 0 Å². The van der Waals surface area contributed by atoms with Gasteiger partial charge in [0.15, 0.2) is 0 Å². The maximum absolute atomic E-state index is 13.5. The van der Waals surface area contributed by atoms with Gasteiger partial charge in [-0.25, -0.2) is 4.39 Å². The van der Waals surface area contributed by atoms with Gasteiger partial charge in [0, 0.05) is 5.92 Å². The van der Waals surface area contributed by atoms with Gasteiger partial charge in [-0.15, -0.1) is 0 Å². The van der Waals surface area contributed by atoms with Crippen molar-refractivity contribution in [2.45, 2.75) is 31.2 Å². The van der Waals surface area contributed by atoms with E-state index >= 15 is 0 Å². The second-order valence-electron chi connectivity index (χ2n) is 7.77. The van der Waals surface area contributed by atoms with E-state index in [1.54, 1.807) is 12.1 Å². The molecule has 3 aromatic carbocycles. The van der Waals surface area contributed by atoms with E-state index in [1.807, 2.05) is 48.5 Å². The number of aryl methyl sites for hydroxylation is 1. The van der Waals surface area contributed by atoms with Gasteiger partial charge < -0.3 is 5.11 Å². The van der Waals surface area contributed by atoms with Crippen LogP contribution in [0.1, 0.15) is 35.4 Å². The molecule has 1 N–H and O–H groups in total. The Morgan fingerprint density at radius 2 is 1.57 bits per heavy atom. The zero-order valence-electron chi connectivity index (χ0n) is 16.6. The highest BCUT2D eigenvalue weighted by molar-refractivity contribution is 6.12. The standard InChI is InChI=1S/C26H24FNO2/c27-21-14-12-20(13-15-21)25-24(26(29)30)23(19-9-5-2-6-10-19)17-22(28-25)16-11-18-7-3-1-4-8-18/h1-10,12-15,22-24H,11,16-17H2,(H,29,30). The molecule has 4 rings (SSSR count). The van der Waals surface area contributed by atoms with Gasteiger partial charge in [-0.1, -0.05) is 72.8 Å². The lowest BCUT2D eigenvalue weighted by Gasteiger charge is -2.34. The Morgan fingerprint density at radius 1 is 0.933 bits per heavy atom. The summed E-state index contributed by atoms with van der Waals surface area (Å²) in [6.07, 6.45) is 2.40. The fraction of sp³-hybridized carbons (Fsp3) is 0.231. The van der Waals surface area contributed by atoms with Crippen molar-refractivity contribution >= 4 is 11.7 Å². The third-order valence-corrected chi connectivity index (χ3v) is 5.79. The second-order valence-corrected chi connectivity index (χ2v) is 7.77. The van der Waals surface area contributed by atoms with Gasteiger partial charge in [-0.2, -0.15) is 0 Å². The molecule has 0 fully saturated rings. The number of aliphatic imine (C=N–C) groups is 1. The van der Waals surface area contributed by atoms with Crippen LogP contribution in [0, 0.1) is 11.7 Å². The highest BCUT2D eigenvalue weighted by atomic mass is 19.1. The van der Waals surface area contributed by atoms with Crippen molar-refractivity contribution in [1.29, 1.82) is 0 Å². The monoisotopic (exact) mass is 401 g/mol. The number of carboxylic acid groups (broad SMARTS) is 1. The number of benzene rings is 3. The molecule has 1 heterocycles. The number of hydrogen-bond donors (Lipinski definition) is 1. The van der Waals surface area contributed by atoms with Crippen molar-refractivity contribution in [3.63, 3.8) is 0 Å². The Balaban J connectivity index is 1.71. The van der Waals surface area contributed by atoms with Gasteiger partial charge >= 0.3 is 5.97 Å². The molecular weight excluding hydrogens is 377 g/mol. The Kier molecular flexibility index (Phi) is 6.03. The number of carbonyl (C=O) groups is 1. The summed E-state index contributed by atoms with van der Waals surface area (Å²) >= 11 is 0. The minimum Gasteiger partial charge on any atom is -0.481 e. The molecule has 0 bridgehead atoms. The van der Waals surface area contributed by atoms with Gasteiger partial charge in [0.05, 0.1) is 11.8 Å². The molecule has 3 nitrogen and oxygen atoms in total. The van der Waals surface area contributed by atoms with E-state index in [1.165, 1.54) is 17.7 Å². The average molecular weight is 401 g/mol. The molecule has 0 spiro atoms. The summed E-state index contributed by atoms with van der Waals surface area (Å²) < 4.78 is 13.5. The lowest BCUT2D eigenvalue weighted by molar-refractivity contribution is -0.140. The fourth-order valence-electron chi connectivity index (χ4n) is 4.30. The van der Waals surface area contributed by atoms with Crippen LogP contribution in [0.2, 0.25) is 0 Å². The van der Waals surface area contributed by atoms with Crippen LogP contribution in [-0.4, -0.2) is 22.8 Å². The Hall–Kier alpha value is -3.27. The largest absolute Gasteiger partial charge is 0.481 e. The molecule has 4 heteroatoms. The first-order valence-electron chi connectivity index (χ1n) is 10.3. The molecule has 152 valence electrons. The molecule has 0 saturated heterocycles. The van der Waals surface area contributed by atoms with Crippen molar-refractivity contribution in [1.82, 2.24) is 0 Å². The van der Waals surface area contributed by atoms with Crippen molar-refractivity contribution in [3.05, 3.63) is 107 Å². The van der Waals surface area contributed by atoms with E-state index in [2.05, 4.69) is 12.1 Å². The lowest BCUT2D eigenvalue weighted by Crippen LogP contribution is -2.37. The number of hydrogen-bond acceptors (Lipinski definition) is 2. The molecule has 3 atom stereocenters. The van der Waals surface area contributed by atoms with Crippen LogP contribution in [0.15, 0.2) is 89.9 Å². The van der Waals surface area contributed by atoms with Gasteiger partial charge in [-0.3, -0.25) is 9.79 Å². The molecule has 1 aliphatic rings. The van der Waals surface area contributed by atoms with Crippen LogP contribution < -0.4 is 0 Å². The molecule has 1 aliphatic heterocycles. The maximum Gasteiger partial charge on any atom is 0.313 e. The highest BCUT2D eigenvalue weighted by Gasteiger charge is 2.39. The van der Waals surface area contributed by atoms with Gasteiger partial charge in [0.1, 0.15) is 11.7 Å². The normalized spacial score (nSPS) is 21.1. The Bertz CT molecular complexity index is 1020. The number of rotatable bonds is 6. The third-order valence-electron chi connectivity index (χ3n) is 5.79. The number of aliphatic carboxylic acids is 1. The fourth-order valence-corrected chi connectivity index (χ4v) is 4.30. The first-order valence-corrected chi connectivity index (χ1v) is 10.3. The molecule has 30 heavy (non-hydrogen) atoms. The third kappa shape index (κ3) is 4.48. The average Bonchev–Trinajstić information content (AvgIpc) is 2.78. The molecular formula is C26H24FNO2. The molecule has 0 amide bonds. The summed E-state index contributed by atoms with van der Waals surface area (Å²) in [6, 6.07) is 26.0. The zero-order valence-corrected chi connectivity index (χ0v) is 16.6. The van der Waals surface area contributed by atoms with Crippen molar-refractivity contribution < 1.29 is 14.3 Å². The summed E-state index contributed by atoms with van der Waals surface area (Å²) in [5.41, 5.74) is 3.46. The van der Waals surface area contributed by atoms with E-state index in [0.717, 1.165) is 18.4 Å². The molecule has 3 unspecified atom stereocenters.